The third-order valence-electron chi connectivity index (χ3n) is 1.67. The van der Waals surface area contributed by atoms with E-state index in [4.69, 9.17) is 0 Å². The van der Waals surface area contributed by atoms with E-state index in [9.17, 15) is 9.90 Å². The van der Waals surface area contributed by atoms with Gasteiger partial charge in [0.25, 0.3) is 0 Å². The molecule has 0 bridgehead atoms. The maximum atomic E-state index is 9.49. The summed E-state index contributed by atoms with van der Waals surface area (Å²) in [5.74, 6) is -0.961. The highest BCUT2D eigenvalue weighted by Gasteiger charge is 2.03. The quantitative estimate of drug-likeness (QED) is 0.798. The topological polar surface area (TPSA) is 40.1 Å². The standard InChI is InChI=1S/C8H11S.C4H8O2.2C2H6/c1-9(2)8-6-4-3-5-7-8;1-2-3-4(5)6;2*1-2/h3-7H,1-2H3;2-3H2,1H3,(H,5,6);2*1-2H3/q+1;;;/p-1. The Morgan fingerprint density at radius 3 is 1.63 bits per heavy atom. The smallest absolute Gasteiger partial charge is 0.154 e. The number of carboxylic acids is 1. The van der Waals surface area contributed by atoms with Gasteiger partial charge in [0.1, 0.15) is 12.5 Å². The molecule has 0 fully saturated rings. The molecular formula is C16H30O2S. The van der Waals surface area contributed by atoms with E-state index in [1.807, 2.05) is 27.7 Å². The van der Waals surface area contributed by atoms with Gasteiger partial charge >= 0.3 is 0 Å². The minimum Gasteiger partial charge on any atom is -0.550 e. The summed E-state index contributed by atoms with van der Waals surface area (Å²) in [5.41, 5.74) is 0. The van der Waals surface area contributed by atoms with Crippen LogP contribution < -0.4 is 5.11 Å². The molecule has 0 aromatic heterocycles. The molecular weight excluding hydrogens is 256 g/mol. The second-order valence-corrected chi connectivity index (χ2v) is 5.36. The van der Waals surface area contributed by atoms with Crippen LogP contribution >= 0.6 is 0 Å². The zero-order chi connectivity index (χ0) is 15.7. The van der Waals surface area contributed by atoms with Gasteiger partial charge in [-0.2, -0.15) is 0 Å². The number of rotatable bonds is 3. The Balaban J connectivity index is -0.000000224. The van der Waals surface area contributed by atoms with E-state index >= 15 is 0 Å². The number of hydrogen-bond donors (Lipinski definition) is 0. The minimum atomic E-state index is -0.961. The van der Waals surface area contributed by atoms with Gasteiger partial charge in [-0.05, 0) is 18.6 Å². The van der Waals surface area contributed by atoms with E-state index in [0.29, 0.717) is 17.3 Å². The van der Waals surface area contributed by atoms with Gasteiger partial charge in [-0.3, -0.25) is 0 Å². The summed E-state index contributed by atoms with van der Waals surface area (Å²) in [5, 5.41) is 9.49. The van der Waals surface area contributed by atoms with Crippen LogP contribution in [-0.2, 0) is 15.7 Å². The highest BCUT2D eigenvalue weighted by atomic mass is 32.2. The highest BCUT2D eigenvalue weighted by molar-refractivity contribution is 7.95. The van der Waals surface area contributed by atoms with Gasteiger partial charge < -0.3 is 9.90 Å². The number of carboxylic acid groups (broad SMARTS) is 1. The Labute approximate surface area is 122 Å². The summed E-state index contributed by atoms with van der Waals surface area (Å²) < 4.78 is 0. The maximum Gasteiger partial charge on any atom is 0.154 e. The molecule has 1 rings (SSSR count). The first-order valence-corrected chi connectivity index (χ1v) is 8.94. The van der Waals surface area contributed by atoms with Crippen molar-refractivity contribution < 1.29 is 9.90 Å². The van der Waals surface area contributed by atoms with E-state index in [0.717, 1.165) is 0 Å². The van der Waals surface area contributed by atoms with E-state index in [-0.39, 0.29) is 6.42 Å². The lowest BCUT2D eigenvalue weighted by atomic mass is 10.4. The molecule has 0 spiro atoms. The van der Waals surface area contributed by atoms with E-state index in [1.54, 1.807) is 6.92 Å². The van der Waals surface area contributed by atoms with Crippen molar-refractivity contribution in [1.82, 2.24) is 0 Å². The minimum absolute atomic E-state index is 0.181. The van der Waals surface area contributed by atoms with Crippen LogP contribution in [0.2, 0.25) is 0 Å². The van der Waals surface area contributed by atoms with Crippen molar-refractivity contribution in [3.8, 4) is 0 Å². The van der Waals surface area contributed by atoms with Gasteiger partial charge in [0.05, 0.1) is 0 Å². The van der Waals surface area contributed by atoms with Crippen LogP contribution in [0.4, 0.5) is 0 Å². The third-order valence-corrected chi connectivity index (χ3v) is 2.88. The van der Waals surface area contributed by atoms with Crippen LogP contribution in [0.25, 0.3) is 0 Å². The monoisotopic (exact) mass is 286 g/mol. The fraction of sp³-hybridized carbons (Fsp3) is 0.562. The molecule has 3 heteroatoms. The summed E-state index contributed by atoms with van der Waals surface area (Å²) in [4.78, 5) is 10.9. The Hall–Kier alpha value is -0.960. The van der Waals surface area contributed by atoms with Crippen molar-refractivity contribution in [3.63, 3.8) is 0 Å². The first-order valence-electron chi connectivity index (χ1n) is 6.90. The van der Waals surface area contributed by atoms with Gasteiger partial charge in [0, 0.05) is 16.9 Å². The molecule has 0 aliphatic rings. The second-order valence-electron chi connectivity index (χ2n) is 3.25. The van der Waals surface area contributed by atoms with E-state index in [1.165, 1.54) is 4.90 Å². The average molecular weight is 286 g/mol. The lowest BCUT2D eigenvalue weighted by molar-refractivity contribution is -0.305. The van der Waals surface area contributed by atoms with Gasteiger partial charge in [-0.1, -0.05) is 59.2 Å². The zero-order valence-electron chi connectivity index (χ0n) is 13.5. The fourth-order valence-corrected chi connectivity index (χ4v) is 1.60. The van der Waals surface area contributed by atoms with Crippen molar-refractivity contribution >= 4 is 16.9 Å². The van der Waals surface area contributed by atoms with Gasteiger partial charge in [-0.15, -0.1) is 0 Å². The molecule has 0 heterocycles. The molecule has 0 radical (unpaired) electrons. The van der Waals surface area contributed by atoms with Crippen LogP contribution in [0.15, 0.2) is 35.2 Å². The molecule has 0 aliphatic heterocycles. The second kappa shape index (κ2) is 19.4. The van der Waals surface area contributed by atoms with Crippen LogP contribution in [0.1, 0.15) is 47.5 Å². The molecule has 19 heavy (non-hydrogen) atoms. The number of aliphatic carboxylic acids is 1. The first-order chi connectivity index (χ1) is 9.07. The molecule has 0 saturated carbocycles. The van der Waals surface area contributed by atoms with Crippen molar-refractivity contribution in [2.45, 2.75) is 52.4 Å². The van der Waals surface area contributed by atoms with Crippen LogP contribution in [0.3, 0.4) is 0 Å². The predicted molar refractivity (Wildman–Crippen MR) is 86.5 cm³/mol. The maximum absolute atomic E-state index is 9.49. The lowest BCUT2D eigenvalue weighted by Crippen LogP contribution is -2.20. The van der Waals surface area contributed by atoms with Crippen molar-refractivity contribution in [3.05, 3.63) is 30.3 Å². The SMILES string of the molecule is CC.CC.CCCC(=O)[O-].C[S+](C)c1ccccc1. The first kappa shape index (κ1) is 23.2. The number of hydrogen-bond acceptors (Lipinski definition) is 2. The average Bonchev–Trinajstić information content (AvgIpc) is 2.45. The Morgan fingerprint density at radius 2 is 1.47 bits per heavy atom. The molecule has 0 aliphatic carbocycles. The molecule has 0 saturated heterocycles. The largest absolute Gasteiger partial charge is 0.550 e. The summed E-state index contributed by atoms with van der Waals surface area (Å²) in [7, 11) is 0.421. The molecule has 112 valence electrons. The third kappa shape index (κ3) is 19.6. The molecule has 0 unspecified atom stereocenters. The Kier molecular flexibility index (Phi) is 23.6. The summed E-state index contributed by atoms with van der Waals surface area (Å²) in [6, 6.07) is 10.6. The normalized spacial score (nSPS) is 8.00. The molecule has 0 amide bonds. The van der Waals surface area contributed by atoms with Gasteiger partial charge in [0.2, 0.25) is 0 Å². The highest BCUT2D eigenvalue weighted by Crippen LogP contribution is 2.05. The van der Waals surface area contributed by atoms with E-state index in [2.05, 4.69) is 42.8 Å². The predicted octanol–water partition coefficient (Wildman–Crippen LogP) is 3.51. The molecule has 0 atom stereocenters. The van der Waals surface area contributed by atoms with Gasteiger partial charge in [-0.25, -0.2) is 0 Å². The molecule has 2 nitrogen and oxygen atoms in total. The number of benzene rings is 1. The van der Waals surface area contributed by atoms with Crippen LogP contribution in [0.5, 0.6) is 0 Å². The summed E-state index contributed by atoms with van der Waals surface area (Å²) in [6.07, 6.45) is 5.31. The summed E-state index contributed by atoms with van der Waals surface area (Å²) in [6.45, 7) is 9.80. The lowest BCUT2D eigenvalue weighted by Gasteiger charge is -1.92. The zero-order valence-corrected chi connectivity index (χ0v) is 14.3. The van der Waals surface area contributed by atoms with Crippen molar-refractivity contribution in [2.75, 3.05) is 12.5 Å². The Bertz CT molecular complexity index is 271. The van der Waals surface area contributed by atoms with E-state index < -0.39 is 5.97 Å². The Morgan fingerprint density at radius 1 is 1.05 bits per heavy atom. The number of carbonyl (C=O) groups excluding carboxylic acids is 1. The molecule has 1 aromatic rings. The number of carbonyl (C=O) groups is 1. The van der Waals surface area contributed by atoms with Crippen LogP contribution in [0, 0.1) is 0 Å². The van der Waals surface area contributed by atoms with Crippen molar-refractivity contribution in [2.24, 2.45) is 0 Å². The summed E-state index contributed by atoms with van der Waals surface area (Å²) >= 11 is 0. The molecule has 0 N–H and O–H groups in total. The van der Waals surface area contributed by atoms with Crippen LogP contribution in [-0.4, -0.2) is 18.5 Å². The van der Waals surface area contributed by atoms with Crippen molar-refractivity contribution in [1.29, 1.82) is 0 Å². The van der Waals surface area contributed by atoms with Gasteiger partial charge in [0.15, 0.2) is 4.90 Å². The molecule has 1 aromatic carbocycles. The fourth-order valence-electron chi connectivity index (χ4n) is 0.897.